The number of rotatable bonds is 0. The maximum Gasteiger partial charge on any atom is 0.123 e. The average molecular weight is 186 g/mol. The highest BCUT2D eigenvalue weighted by Gasteiger charge is 2.02. The molecule has 0 atom stereocenters. The Morgan fingerprint density at radius 3 is 2.71 bits per heavy atom. The molecule has 2 rings (SSSR count). The molecule has 0 unspecified atom stereocenters. The molecule has 0 bridgehead atoms. The van der Waals surface area contributed by atoms with Gasteiger partial charge in [0.2, 0.25) is 0 Å². The fraction of sp³-hybridized carbons (Fsp3) is 0. The van der Waals surface area contributed by atoms with Gasteiger partial charge in [-0.15, -0.1) is 6.42 Å². The molecule has 2 aromatic rings. The van der Waals surface area contributed by atoms with Crippen LogP contribution in [-0.4, -0.2) is 5.11 Å². The molecular formula is C12H7FO. The molecule has 0 aromatic heterocycles. The fourth-order valence-corrected chi connectivity index (χ4v) is 1.43. The molecule has 2 heteroatoms. The van der Waals surface area contributed by atoms with Crippen LogP contribution in [0.4, 0.5) is 4.39 Å². The predicted octanol–water partition coefficient (Wildman–Crippen LogP) is 2.67. The molecular weight excluding hydrogens is 179 g/mol. The van der Waals surface area contributed by atoms with Crippen molar-refractivity contribution in [3.05, 3.63) is 41.7 Å². The summed E-state index contributed by atoms with van der Waals surface area (Å²) in [6.45, 7) is 0. The molecule has 0 fully saturated rings. The molecule has 0 spiro atoms. The van der Waals surface area contributed by atoms with Crippen LogP contribution in [0.1, 0.15) is 5.56 Å². The normalized spacial score (nSPS) is 10.0. The highest BCUT2D eigenvalue weighted by Crippen LogP contribution is 2.24. The van der Waals surface area contributed by atoms with Gasteiger partial charge in [0.05, 0.1) is 0 Å². The largest absolute Gasteiger partial charge is 0.508 e. The quantitative estimate of drug-likeness (QED) is 0.627. The van der Waals surface area contributed by atoms with Crippen molar-refractivity contribution in [3.63, 3.8) is 0 Å². The zero-order chi connectivity index (χ0) is 10.1. The number of halogens is 1. The number of fused-ring (bicyclic) bond motifs is 1. The topological polar surface area (TPSA) is 20.2 Å². The first-order valence-corrected chi connectivity index (χ1v) is 4.09. The van der Waals surface area contributed by atoms with Gasteiger partial charge in [-0.3, -0.25) is 0 Å². The minimum Gasteiger partial charge on any atom is -0.508 e. The Morgan fingerprint density at radius 1 is 1.21 bits per heavy atom. The number of phenols is 1. The van der Waals surface area contributed by atoms with Crippen molar-refractivity contribution < 1.29 is 9.50 Å². The van der Waals surface area contributed by atoms with Crippen molar-refractivity contribution in [3.8, 4) is 18.1 Å². The average Bonchev–Trinajstić information content (AvgIpc) is 2.17. The Balaban J connectivity index is 2.90. The molecule has 0 aliphatic rings. The zero-order valence-corrected chi connectivity index (χ0v) is 7.29. The van der Waals surface area contributed by atoms with E-state index in [1.807, 2.05) is 0 Å². The summed E-state index contributed by atoms with van der Waals surface area (Å²) in [4.78, 5) is 0. The lowest BCUT2D eigenvalue weighted by atomic mass is 10.0. The minimum absolute atomic E-state index is 0.0945. The van der Waals surface area contributed by atoms with Crippen molar-refractivity contribution in [2.24, 2.45) is 0 Å². The third-order valence-electron chi connectivity index (χ3n) is 2.06. The monoisotopic (exact) mass is 186 g/mol. The summed E-state index contributed by atoms with van der Waals surface area (Å²) < 4.78 is 12.9. The van der Waals surface area contributed by atoms with Crippen LogP contribution in [0.2, 0.25) is 0 Å². The molecule has 1 N–H and O–H groups in total. The summed E-state index contributed by atoms with van der Waals surface area (Å²) in [6.07, 6.45) is 5.25. The zero-order valence-electron chi connectivity index (χ0n) is 7.29. The van der Waals surface area contributed by atoms with Crippen molar-refractivity contribution in [2.75, 3.05) is 0 Å². The summed E-state index contributed by atoms with van der Waals surface area (Å²) in [5.74, 6) is 2.17. The van der Waals surface area contributed by atoms with Gasteiger partial charge in [-0.25, -0.2) is 4.39 Å². The molecule has 0 radical (unpaired) electrons. The van der Waals surface area contributed by atoms with E-state index < -0.39 is 0 Å². The summed E-state index contributed by atoms with van der Waals surface area (Å²) >= 11 is 0. The molecule has 0 heterocycles. The second kappa shape index (κ2) is 3.04. The predicted molar refractivity (Wildman–Crippen MR) is 53.5 cm³/mol. The van der Waals surface area contributed by atoms with Gasteiger partial charge in [0.25, 0.3) is 0 Å². The maximum atomic E-state index is 12.9. The lowest BCUT2D eigenvalue weighted by Gasteiger charge is -2.02. The van der Waals surface area contributed by atoms with E-state index in [-0.39, 0.29) is 11.6 Å². The Hall–Kier alpha value is -2.01. The first kappa shape index (κ1) is 8.58. The summed E-state index contributed by atoms with van der Waals surface area (Å²) in [5.41, 5.74) is 0.500. The van der Waals surface area contributed by atoms with E-state index >= 15 is 0 Å². The van der Waals surface area contributed by atoms with Gasteiger partial charge in [0.15, 0.2) is 0 Å². The van der Waals surface area contributed by atoms with E-state index in [0.717, 1.165) is 5.39 Å². The molecule has 2 aromatic carbocycles. The lowest BCUT2D eigenvalue weighted by Crippen LogP contribution is -1.82. The van der Waals surface area contributed by atoms with Gasteiger partial charge >= 0.3 is 0 Å². The second-order valence-corrected chi connectivity index (χ2v) is 3.00. The van der Waals surface area contributed by atoms with E-state index in [1.54, 1.807) is 12.1 Å². The van der Waals surface area contributed by atoms with E-state index in [0.29, 0.717) is 10.9 Å². The molecule has 0 saturated carbocycles. The first-order valence-electron chi connectivity index (χ1n) is 4.09. The number of aromatic hydroxyl groups is 1. The Bertz CT molecular complexity index is 538. The second-order valence-electron chi connectivity index (χ2n) is 3.00. The molecule has 14 heavy (non-hydrogen) atoms. The fourth-order valence-electron chi connectivity index (χ4n) is 1.43. The Morgan fingerprint density at radius 2 is 2.00 bits per heavy atom. The highest BCUT2D eigenvalue weighted by molar-refractivity contribution is 5.89. The maximum absolute atomic E-state index is 12.9. The van der Waals surface area contributed by atoms with Gasteiger partial charge in [-0.05, 0) is 29.7 Å². The van der Waals surface area contributed by atoms with Crippen LogP contribution in [0, 0.1) is 18.2 Å². The summed E-state index contributed by atoms with van der Waals surface area (Å²) in [5, 5.41) is 10.7. The molecule has 0 amide bonds. The van der Waals surface area contributed by atoms with Gasteiger partial charge in [0, 0.05) is 10.9 Å². The van der Waals surface area contributed by atoms with Crippen LogP contribution in [0.15, 0.2) is 30.3 Å². The third-order valence-corrected chi connectivity index (χ3v) is 2.06. The van der Waals surface area contributed by atoms with Gasteiger partial charge in [-0.2, -0.15) is 0 Å². The van der Waals surface area contributed by atoms with E-state index in [4.69, 9.17) is 6.42 Å². The molecule has 0 aliphatic carbocycles. The van der Waals surface area contributed by atoms with Crippen molar-refractivity contribution in [1.82, 2.24) is 0 Å². The van der Waals surface area contributed by atoms with Gasteiger partial charge < -0.3 is 5.11 Å². The van der Waals surface area contributed by atoms with Crippen molar-refractivity contribution in [1.29, 1.82) is 0 Å². The molecule has 1 nitrogen and oxygen atoms in total. The lowest BCUT2D eigenvalue weighted by molar-refractivity contribution is 0.476. The van der Waals surface area contributed by atoms with Gasteiger partial charge in [0.1, 0.15) is 11.6 Å². The van der Waals surface area contributed by atoms with Crippen LogP contribution in [0.3, 0.4) is 0 Å². The van der Waals surface area contributed by atoms with E-state index in [1.165, 1.54) is 18.2 Å². The number of hydrogen-bond acceptors (Lipinski definition) is 1. The van der Waals surface area contributed by atoms with Gasteiger partial charge in [-0.1, -0.05) is 12.0 Å². The van der Waals surface area contributed by atoms with Crippen LogP contribution >= 0.6 is 0 Å². The molecule has 68 valence electrons. The van der Waals surface area contributed by atoms with E-state index in [2.05, 4.69) is 5.92 Å². The standard InChI is InChI=1S/C12H7FO/c1-2-8-5-11(14)6-9-3-4-10(13)7-12(8)9/h1,3-7,14H. The summed E-state index contributed by atoms with van der Waals surface area (Å²) in [7, 11) is 0. The molecule has 0 saturated heterocycles. The number of terminal acetylenes is 1. The van der Waals surface area contributed by atoms with Crippen molar-refractivity contribution >= 4 is 10.8 Å². The highest BCUT2D eigenvalue weighted by atomic mass is 19.1. The minimum atomic E-state index is -0.334. The van der Waals surface area contributed by atoms with Crippen LogP contribution in [-0.2, 0) is 0 Å². The number of benzene rings is 2. The number of phenolic OH excluding ortho intramolecular Hbond substituents is 1. The Kier molecular flexibility index (Phi) is 1.86. The van der Waals surface area contributed by atoms with Crippen molar-refractivity contribution in [2.45, 2.75) is 0 Å². The van der Waals surface area contributed by atoms with E-state index in [9.17, 15) is 9.50 Å². The molecule has 0 aliphatic heterocycles. The third kappa shape index (κ3) is 1.29. The number of hydrogen-bond donors (Lipinski definition) is 1. The van der Waals surface area contributed by atoms with Crippen LogP contribution in [0.25, 0.3) is 10.8 Å². The van der Waals surface area contributed by atoms with Crippen LogP contribution in [0.5, 0.6) is 5.75 Å². The van der Waals surface area contributed by atoms with Crippen LogP contribution < -0.4 is 0 Å². The SMILES string of the molecule is C#Cc1cc(O)cc2ccc(F)cc12. The first-order chi connectivity index (χ1) is 6.70. The Labute approximate surface area is 80.8 Å². The summed E-state index contributed by atoms with van der Waals surface area (Å²) in [6, 6.07) is 7.29. The smallest absolute Gasteiger partial charge is 0.123 e.